The van der Waals surface area contributed by atoms with E-state index in [4.69, 9.17) is 17.4 Å². The summed E-state index contributed by atoms with van der Waals surface area (Å²) in [7, 11) is 0. The Morgan fingerprint density at radius 3 is 2.77 bits per heavy atom. The first-order chi connectivity index (χ1) is 6.20. The second-order valence-corrected chi connectivity index (χ2v) is 4.52. The van der Waals surface area contributed by atoms with Crippen molar-refractivity contribution in [2.24, 2.45) is 11.8 Å². The van der Waals surface area contributed by atoms with Crippen molar-refractivity contribution in [2.45, 2.75) is 26.3 Å². The first kappa shape index (κ1) is 11.0. The third-order valence-corrected chi connectivity index (χ3v) is 3.76. The highest BCUT2D eigenvalue weighted by Gasteiger charge is 2.19. The van der Waals surface area contributed by atoms with E-state index in [-0.39, 0.29) is 6.04 Å². The van der Waals surface area contributed by atoms with Gasteiger partial charge in [-0.3, -0.25) is 11.3 Å². The number of hydrogen-bond donors (Lipinski definition) is 2. The number of thiophene rings is 1. The number of hydrogen-bond acceptors (Lipinski definition) is 3. The average molecular weight is 219 g/mol. The molecule has 0 spiro atoms. The quantitative estimate of drug-likeness (QED) is 0.603. The van der Waals surface area contributed by atoms with Crippen molar-refractivity contribution in [3.63, 3.8) is 0 Å². The standard InChI is InChI=1S/C9H15ClN2S/c1-3-6(2)8(12-11)9-7(10)4-5-13-9/h4-6,8,12H,3,11H2,1-2H3. The van der Waals surface area contributed by atoms with Crippen LogP contribution < -0.4 is 11.3 Å². The molecule has 0 radical (unpaired) electrons. The van der Waals surface area contributed by atoms with E-state index in [2.05, 4.69) is 19.3 Å². The van der Waals surface area contributed by atoms with E-state index in [1.165, 1.54) is 0 Å². The summed E-state index contributed by atoms with van der Waals surface area (Å²) >= 11 is 7.68. The molecule has 0 aliphatic rings. The monoisotopic (exact) mass is 218 g/mol. The van der Waals surface area contributed by atoms with Gasteiger partial charge in [0.1, 0.15) is 0 Å². The van der Waals surface area contributed by atoms with Crippen LogP contribution >= 0.6 is 22.9 Å². The van der Waals surface area contributed by atoms with Crippen LogP contribution in [-0.4, -0.2) is 0 Å². The smallest absolute Gasteiger partial charge is 0.0593 e. The molecule has 13 heavy (non-hydrogen) atoms. The van der Waals surface area contributed by atoms with Gasteiger partial charge in [-0.05, 0) is 17.4 Å². The lowest BCUT2D eigenvalue weighted by Gasteiger charge is -2.21. The summed E-state index contributed by atoms with van der Waals surface area (Å²) in [6.45, 7) is 4.32. The molecule has 0 saturated carbocycles. The van der Waals surface area contributed by atoms with E-state index < -0.39 is 0 Å². The molecule has 0 aliphatic carbocycles. The second-order valence-electron chi connectivity index (χ2n) is 3.16. The van der Waals surface area contributed by atoms with E-state index in [9.17, 15) is 0 Å². The maximum atomic E-state index is 6.03. The van der Waals surface area contributed by atoms with Gasteiger partial charge in [0, 0.05) is 4.88 Å². The van der Waals surface area contributed by atoms with Gasteiger partial charge in [-0.15, -0.1) is 11.3 Å². The third-order valence-electron chi connectivity index (χ3n) is 2.32. The third kappa shape index (κ3) is 2.44. The zero-order chi connectivity index (χ0) is 9.84. The topological polar surface area (TPSA) is 38.0 Å². The molecule has 74 valence electrons. The van der Waals surface area contributed by atoms with E-state index in [0.717, 1.165) is 16.3 Å². The number of nitrogens with two attached hydrogens (primary N) is 1. The van der Waals surface area contributed by atoms with Gasteiger partial charge in [-0.2, -0.15) is 0 Å². The molecule has 0 saturated heterocycles. The number of rotatable bonds is 4. The predicted octanol–water partition coefficient (Wildman–Crippen LogP) is 2.95. The second kappa shape index (κ2) is 4.96. The molecule has 1 aromatic heterocycles. The maximum Gasteiger partial charge on any atom is 0.0593 e. The molecule has 2 unspecified atom stereocenters. The number of hydrazine groups is 1. The fraction of sp³-hybridized carbons (Fsp3) is 0.556. The molecule has 0 aromatic carbocycles. The Labute approximate surface area is 88.1 Å². The molecule has 1 aromatic rings. The summed E-state index contributed by atoms with van der Waals surface area (Å²) in [5, 5.41) is 2.80. The van der Waals surface area contributed by atoms with Crippen LogP contribution in [0, 0.1) is 5.92 Å². The minimum Gasteiger partial charge on any atom is -0.271 e. The molecule has 0 bridgehead atoms. The molecule has 4 heteroatoms. The van der Waals surface area contributed by atoms with Crippen LogP contribution in [-0.2, 0) is 0 Å². The number of halogens is 1. The molecule has 3 N–H and O–H groups in total. The number of nitrogens with one attached hydrogen (secondary N) is 1. The average Bonchev–Trinajstić information content (AvgIpc) is 2.53. The Hall–Kier alpha value is -0.0900. The lowest BCUT2D eigenvalue weighted by Crippen LogP contribution is -2.31. The maximum absolute atomic E-state index is 6.03. The van der Waals surface area contributed by atoms with Crippen molar-refractivity contribution < 1.29 is 0 Å². The highest BCUT2D eigenvalue weighted by molar-refractivity contribution is 7.10. The molecular weight excluding hydrogens is 204 g/mol. The van der Waals surface area contributed by atoms with Crippen LogP contribution in [0.25, 0.3) is 0 Å². The molecular formula is C9H15ClN2S. The lowest BCUT2D eigenvalue weighted by atomic mass is 9.98. The molecule has 1 rings (SSSR count). The summed E-state index contributed by atoms with van der Waals surface area (Å²) in [6.07, 6.45) is 1.09. The zero-order valence-electron chi connectivity index (χ0n) is 7.88. The van der Waals surface area contributed by atoms with E-state index in [1.54, 1.807) is 11.3 Å². The van der Waals surface area contributed by atoms with Gasteiger partial charge in [0.15, 0.2) is 0 Å². The summed E-state index contributed by atoms with van der Waals surface area (Å²) in [5.74, 6) is 6.01. The van der Waals surface area contributed by atoms with Crippen molar-refractivity contribution in [2.75, 3.05) is 0 Å². The fourth-order valence-electron chi connectivity index (χ4n) is 1.26. The van der Waals surface area contributed by atoms with Gasteiger partial charge >= 0.3 is 0 Å². The Bertz CT molecular complexity index is 262. The van der Waals surface area contributed by atoms with Gasteiger partial charge in [0.2, 0.25) is 0 Å². The normalized spacial score (nSPS) is 15.7. The SMILES string of the molecule is CCC(C)C(NN)c1sccc1Cl. The Morgan fingerprint density at radius 1 is 1.69 bits per heavy atom. The van der Waals surface area contributed by atoms with Crippen LogP contribution in [0.15, 0.2) is 11.4 Å². The Kier molecular flexibility index (Phi) is 4.19. The zero-order valence-corrected chi connectivity index (χ0v) is 9.45. The molecule has 0 fully saturated rings. The van der Waals surface area contributed by atoms with E-state index in [1.807, 2.05) is 11.4 Å². The van der Waals surface area contributed by atoms with Crippen molar-refractivity contribution in [1.29, 1.82) is 0 Å². The summed E-state index contributed by atoms with van der Waals surface area (Å²) < 4.78 is 0. The predicted molar refractivity (Wildman–Crippen MR) is 58.8 cm³/mol. The fourth-order valence-corrected chi connectivity index (χ4v) is 2.63. The van der Waals surface area contributed by atoms with E-state index >= 15 is 0 Å². The first-order valence-corrected chi connectivity index (χ1v) is 5.65. The van der Waals surface area contributed by atoms with Gasteiger partial charge in [0.05, 0.1) is 11.1 Å². The largest absolute Gasteiger partial charge is 0.271 e. The van der Waals surface area contributed by atoms with E-state index in [0.29, 0.717) is 5.92 Å². The minimum atomic E-state index is 0.178. The summed E-state index contributed by atoms with van der Waals surface area (Å²) in [6, 6.07) is 2.09. The van der Waals surface area contributed by atoms with Gasteiger partial charge in [-0.1, -0.05) is 31.9 Å². The lowest BCUT2D eigenvalue weighted by molar-refractivity contribution is 0.388. The molecule has 2 atom stereocenters. The van der Waals surface area contributed by atoms with Crippen molar-refractivity contribution in [1.82, 2.24) is 5.43 Å². The van der Waals surface area contributed by atoms with Crippen LogP contribution in [0.4, 0.5) is 0 Å². The Morgan fingerprint density at radius 2 is 2.38 bits per heavy atom. The summed E-state index contributed by atoms with van der Waals surface area (Å²) in [4.78, 5) is 1.14. The highest BCUT2D eigenvalue weighted by Crippen LogP contribution is 2.33. The molecule has 0 aliphatic heterocycles. The molecule has 2 nitrogen and oxygen atoms in total. The van der Waals surface area contributed by atoms with Gasteiger partial charge in [0.25, 0.3) is 0 Å². The molecule has 0 amide bonds. The van der Waals surface area contributed by atoms with Gasteiger partial charge < -0.3 is 0 Å². The molecule has 1 heterocycles. The highest BCUT2D eigenvalue weighted by atomic mass is 35.5. The Balaban J connectivity index is 2.84. The van der Waals surface area contributed by atoms with Crippen LogP contribution in [0.3, 0.4) is 0 Å². The van der Waals surface area contributed by atoms with Gasteiger partial charge in [-0.25, -0.2) is 0 Å². The van der Waals surface area contributed by atoms with Crippen LogP contribution in [0.1, 0.15) is 31.2 Å². The van der Waals surface area contributed by atoms with Crippen LogP contribution in [0.5, 0.6) is 0 Å². The first-order valence-electron chi connectivity index (χ1n) is 4.39. The van der Waals surface area contributed by atoms with Crippen molar-refractivity contribution >= 4 is 22.9 Å². The van der Waals surface area contributed by atoms with Crippen LogP contribution in [0.2, 0.25) is 5.02 Å². The van der Waals surface area contributed by atoms with Crippen molar-refractivity contribution in [3.05, 3.63) is 21.3 Å². The summed E-state index contributed by atoms with van der Waals surface area (Å²) in [5.41, 5.74) is 2.82. The minimum absolute atomic E-state index is 0.178. The van der Waals surface area contributed by atoms with Crippen molar-refractivity contribution in [3.8, 4) is 0 Å².